The highest BCUT2D eigenvalue weighted by atomic mass is 32.2. The van der Waals surface area contributed by atoms with Gasteiger partial charge >= 0.3 is 0 Å². The van der Waals surface area contributed by atoms with Gasteiger partial charge < -0.3 is 15.1 Å². The number of amides is 1. The third-order valence-electron chi connectivity index (χ3n) is 4.16. The number of rotatable bonds is 4. The van der Waals surface area contributed by atoms with Gasteiger partial charge in [-0.1, -0.05) is 19.1 Å². The van der Waals surface area contributed by atoms with Gasteiger partial charge in [-0.05, 0) is 24.1 Å². The SMILES string of the molecule is CCC1CN(C(=NC)NCc2ccc(C(=O)N(C)C)cc2)CCS1. The van der Waals surface area contributed by atoms with E-state index in [0.29, 0.717) is 17.4 Å². The van der Waals surface area contributed by atoms with Gasteiger partial charge in [0.05, 0.1) is 0 Å². The number of nitrogens with one attached hydrogen (secondary N) is 1. The lowest BCUT2D eigenvalue weighted by molar-refractivity contribution is 0.0827. The van der Waals surface area contributed by atoms with Gasteiger partial charge in [-0.25, -0.2) is 0 Å². The Bertz CT molecular complexity index is 571. The number of carbonyl (C=O) groups is 1. The zero-order valence-electron chi connectivity index (χ0n) is 15.1. The van der Waals surface area contributed by atoms with E-state index in [9.17, 15) is 4.79 Å². The number of hydrogen-bond acceptors (Lipinski definition) is 3. The minimum Gasteiger partial charge on any atom is -0.352 e. The molecule has 1 unspecified atom stereocenters. The first-order chi connectivity index (χ1) is 11.5. The molecule has 1 aliphatic rings. The fraction of sp³-hybridized carbons (Fsp3) is 0.556. The normalized spacial score (nSPS) is 18.4. The maximum absolute atomic E-state index is 11.9. The Kier molecular flexibility index (Phi) is 6.97. The molecule has 1 aromatic carbocycles. The Morgan fingerprint density at radius 3 is 2.67 bits per heavy atom. The van der Waals surface area contributed by atoms with E-state index in [1.165, 1.54) is 6.42 Å². The van der Waals surface area contributed by atoms with Crippen molar-refractivity contribution in [1.29, 1.82) is 0 Å². The van der Waals surface area contributed by atoms with E-state index >= 15 is 0 Å². The molecule has 1 aromatic rings. The molecule has 0 aliphatic carbocycles. The second-order valence-electron chi connectivity index (χ2n) is 6.14. The molecular weight excluding hydrogens is 320 g/mol. The van der Waals surface area contributed by atoms with E-state index in [2.05, 4.69) is 33.9 Å². The van der Waals surface area contributed by atoms with E-state index in [1.807, 2.05) is 31.3 Å². The van der Waals surface area contributed by atoms with Gasteiger partial charge in [0.1, 0.15) is 0 Å². The average Bonchev–Trinajstić information content (AvgIpc) is 2.62. The van der Waals surface area contributed by atoms with Crippen molar-refractivity contribution < 1.29 is 4.79 Å². The molecule has 1 fully saturated rings. The molecule has 0 saturated carbocycles. The summed E-state index contributed by atoms with van der Waals surface area (Å²) in [6.07, 6.45) is 1.19. The number of guanidine groups is 1. The molecule has 1 heterocycles. The molecule has 1 aliphatic heterocycles. The zero-order chi connectivity index (χ0) is 17.5. The minimum absolute atomic E-state index is 0.0294. The van der Waals surface area contributed by atoms with Crippen LogP contribution < -0.4 is 5.32 Å². The number of hydrogen-bond donors (Lipinski definition) is 1. The van der Waals surface area contributed by atoms with Crippen molar-refractivity contribution in [2.75, 3.05) is 40.0 Å². The second-order valence-corrected chi connectivity index (χ2v) is 7.55. The molecule has 5 nitrogen and oxygen atoms in total. The summed E-state index contributed by atoms with van der Waals surface area (Å²) in [7, 11) is 5.37. The molecule has 0 spiro atoms. The smallest absolute Gasteiger partial charge is 0.253 e. The number of thioether (sulfide) groups is 1. The van der Waals surface area contributed by atoms with Crippen LogP contribution in [0.1, 0.15) is 29.3 Å². The number of nitrogens with zero attached hydrogens (tertiary/aromatic N) is 3. The van der Waals surface area contributed by atoms with Gasteiger partial charge in [0, 0.05) is 57.3 Å². The first-order valence-electron chi connectivity index (χ1n) is 8.43. The van der Waals surface area contributed by atoms with Gasteiger partial charge in [-0.3, -0.25) is 9.79 Å². The lowest BCUT2D eigenvalue weighted by atomic mass is 10.1. The Morgan fingerprint density at radius 2 is 2.08 bits per heavy atom. The van der Waals surface area contributed by atoms with E-state index in [1.54, 1.807) is 19.0 Å². The Balaban J connectivity index is 1.92. The summed E-state index contributed by atoms with van der Waals surface area (Å²) < 4.78 is 0. The van der Waals surface area contributed by atoms with E-state index in [-0.39, 0.29) is 5.91 Å². The highest BCUT2D eigenvalue weighted by molar-refractivity contribution is 8.00. The molecule has 1 amide bonds. The maximum Gasteiger partial charge on any atom is 0.253 e. The summed E-state index contributed by atoms with van der Waals surface area (Å²) in [5.41, 5.74) is 1.86. The van der Waals surface area contributed by atoms with Crippen LogP contribution in [-0.2, 0) is 6.54 Å². The Labute approximate surface area is 149 Å². The summed E-state index contributed by atoms with van der Waals surface area (Å²) in [5.74, 6) is 2.14. The molecule has 1 atom stereocenters. The largest absolute Gasteiger partial charge is 0.352 e. The monoisotopic (exact) mass is 348 g/mol. The molecular formula is C18H28N4OS. The molecule has 0 radical (unpaired) electrons. The van der Waals surface area contributed by atoms with Gasteiger partial charge in [-0.15, -0.1) is 0 Å². The van der Waals surface area contributed by atoms with Crippen LogP contribution in [0.15, 0.2) is 29.3 Å². The molecule has 24 heavy (non-hydrogen) atoms. The second kappa shape index (κ2) is 8.97. The highest BCUT2D eigenvalue weighted by Gasteiger charge is 2.21. The molecule has 132 valence electrons. The first kappa shape index (κ1) is 18.6. The predicted molar refractivity (Wildman–Crippen MR) is 103 cm³/mol. The van der Waals surface area contributed by atoms with Gasteiger partial charge in [0.25, 0.3) is 5.91 Å². The Morgan fingerprint density at radius 1 is 1.38 bits per heavy atom. The van der Waals surface area contributed by atoms with Crippen molar-refractivity contribution in [3.63, 3.8) is 0 Å². The van der Waals surface area contributed by atoms with Gasteiger partial charge in [-0.2, -0.15) is 11.8 Å². The van der Waals surface area contributed by atoms with Crippen molar-refractivity contribution in [2.24, 2.45) is 4.99 Å². The van der Waals surface area contributed by atoms with Crippen molar-refractivity contribution in [2.45, 2.75) is 25.1 Å². The summed E-state index contributed by atoms with van der Waals surface area (Å²) in [5, 5.41) is 4.13. The molecule has 0 aromatic heterocycles. The van der Waals surface area contributed by atoms with Crippen LogP contribution in [0.4, 0.5) is 0 Å². The van der Waals surface area contributed by atoms with Crippen LogP contribution in [0.25, 0.3) is 0 Å². The summed E-state index contributed by atoms with van der Waals surface area (Å²) in [6.45, 7) is 5.05. The zero-order valence-corrected chi connectivity index (χ0v) is 15.9. The van der Waals surface area contributed by atoms with Crippen molar-refractivity contribution in [3.05, 3.63) is 35.4 Å². The lowest BCUT2D eigenvalue weighted by Gasteiger charge is -2.34. The first-order valence-corrected chi connectivity index (χ1v) is 9.47. The van der Waals surface area contributed by atoms with Crippen molar-refractivity contribution >= 4 is 23.6 Å². The molecule has 0 bridgehead atoms. The average molecular weight is 349 g/mol. The molecule has 1 N–H and O–H groups in total. The van der Waals surface area contributed by atoms with Crippen molar-refractivity contribution in [3.8, 4) is 0 Å². The van der Waals surface area contributed by atoms with Gasteiger partial charge in [0.15, 0.2) is 5.96 Å². The number of carbonyl (C=O) groups excluding carboxylic acids is 1. The highest BCUT2D eigenvalue weighted by Crippen LogP contribution is 2.21. The van der Waals surface area contributed by atoms with Crippen LogP contribution in [-0.4, -0.2) is 66.9 Å². The quantitative estimate of drug-likeness (QED) is 0.670. The van der Waals surface area contributed by atoms with Gasteiger partial charge in [0.2, 0.25) is 0 Å². The predicted octanol–water partition coefficient (Wildman–Crippen LogP) is 2.29. The lowest BCUT2D eigenvalue weighted by Crippen LogP contribution is -2.47. The standard InChI is InChI=1S/C18H28N4OS/c1-5-16-13-22(10-11-24-16)18(19-2)20-12-14-6-8-15(9-7-14)17(23)21(3)4/h6-9,16H,5,10-13H2,1-4H3,(H,19,20). The van der Waals surface area contributed by atoms with Crippen LogP contribution in [0.3, 0.4) is 0 Å². The summed E-state index contributed by atoms with van der Waals surface area (Å²) in [6, 6.07) is 7.76. The Hall–Kier alpha value is -1.69. The number of benzene rings is 1. The third-order valence-corrected chi connectivity index (χ3v) is 5.54. The fourth-order valence-electron chi connectivity index (χ4n) is 2.70. The maximum atomic E-state index is 11.9. The molecule has 6 heteroatoms. The molecule has 2 rings (SSSR count). The van der Waals surface area contributed by atoms with Crippen LogP contribution in [0, 0.1) is 0 Å². The molecule has 1 saturated heterocycles. The van der Waals surface area contributed by atoms with E-state index in [4.69, 9.17) is 0 Å². The van der Waals surface area contributed by atoms with Crippen LogP contribution in [0.5, 0.6) is 0 Å². The van der Waals surface area contributed by atoms with Crippen molar-refractivity contribution in [1.82, 2.24) is 15.1 Å². The summed E-state index contributed by atoms with van der Waals surface area (Å²) >= 11 is 2.06. The van der Waals surface area contributed by atoms with E-state index in [0.717, 1.165) is 30.4 Å². The third kappa shape index (κ3) is 4.90. The van der Waals surface area contributed by atoms with Crippen LogP contribution in [0.2, 0.25) is 0 Å². The fourth-order valence-corrected chi connectivity index (χ4v) is 3.88. The minimum atomic E-state index is 0.0294. The topological polar surface area (TPSA) is 47.9 Å². The number of aliphatic imine (C=N–C) groups is 1. The summed E-state index contributed by atoms with van der Waals surface area (Å²) in [4.78, 5) is 20.3. The van der Waals surface area contributed by atoms with Crippen LogP contribution >= 0.6 is 11.8 Å². The van der Waals surface area contributed by atoms with E-state index < -0.39 is 0 Å².